The van der Waals surface area contributed by atoms with Crippen molar-refractivity contribution < 1.29 is 5.11 Å². The van der Waals surface area contributed by atoms with Crippen LogP contribution in [0.4, 0.5) is 5.82 Å². The van der Waals surface area contributed by atoms with Gasteiger partial charge in [-0.1, -0.05) is 28.1 Å². The van der Waals surface area contributed by atoms with Crippen molar-refractivity contribution in [2.24, 2.45) is 0 Å². The van der Waals surface area contributed by atoms with Gasteiger partial charge in [0, 0.05) is 23.5 Å². The second-order valence-corrected chi connectivity index (χ2v) is 6.45. The molecule has 0 fully saturated rings. The van der Waals surface area contributed by atoms with Crippen molar-refractivity contribution in [1.29, 1.82) is 0 Å². The van der Waals surface area contributed by atoms with Gasteiger partial charge in [0.25, 0.3) is 0 Å². The van der Waals surface area contributed by atoms with Gasteiger partial charge in [0.05, 0.1) is 5.60 Å². The Morgan fingerprint density at radius 2 is 2.15 bits per heavy atom. The van der Waals surface area contributed by atoms with E-state index in [1.807, 2.05) is 18.2 Å². The van der Waals surface area contributed by atoms with Crippen LogP contribution in [0.25, 0.3) is 0 Å². The summed E-state index contributed by atoms with van der Waals surface area (Å²) in [6.07, 6.45) is 4.55. The smallest absolute Gasteiger partial charge is 0.126 e. The first-order valence-corrected chi connectivity index (χ1v) is 7.54. The normalized spacial score (nSPS) is 21.5. The topological polar surface area (TPSA) is 59.1 Å². The van der Waals surface area contributed by atoms with Gasteiger partial charge < -0.3 is 10.8 Å². The fraction of sp³-hybridized carbons (Fsp3) is 0.312. The maximum atomic E-state index is 10.9. The summed E-state index contributed by atoms with van der Waals surface area (Å²) in [5.74, 6) is 0.516. The molecule has 0 saturated carbocycles. The van der Waals surface area contributed by atoms with Crippen molar-refractivity contribution in [3.8, 4) is 0 Å². The summed E-state index contributed by atoms with van der Waals surface area (Å²) in [4.78, 5) is 4.09. The summed E-state index contributed by atoms with van der Waals surface area (Å²) >= 11 is 3.49. The van der Waals surface area contributed by atoms with Gasteiger partial charge in [0.1, 0.15) is 5.82 Å². The first-order valence-electron chi connectivity index (χ1n) is 6.75. The maximum absolute atomic E-state index is 10.9. The molecule has 0 saturated heterocycles. The highest BCUT2D eigenvalue weighted by molar-refractivity contribution is 9.10. The molecule has 0 aliphatic heterocycles. The first-order chi connectivity index (χ1) is 9.56. The highest BCUT2D eigenvalue weighted by Gasteiger charge is 2.32. The van der Waals surface area contributed by atoms with Gasteiger partial charge >= 0.3 is 0 Å². The number of hydrogen-bond acceptors (Lipinski definition) is 3. The molecule has 4 heteroatoms. The molecule has 3 rings (SSSR count). The second kappa shape index (κ2) is 5.19. The molecular weight excluding hydrogens is 316 g/mol. The molecule has 0 amide bonds. The van der Waals surface area contributed by atoms with Gasteiger partial charge in [-0.25, -0.2) is 4.98 Å². The van der Waals surface area contributed by atoms with Crippen molar-refractivity contribution in [2.45, 2.75) is 31.3 Å². The standard InChI is InChI=1S/C16H17BrN2O/c17-14-4-3-12-9-16(20,6-5-11(12)8-14)10-13-2-1-7-19-15(13)18/h1-4,7-8,20H,5-6,9-10H2,(H2,18,19). The molecule has 0 radical (unpaired) electrons. The zero-order chi connectivity index (χ0) is 14.2. The third-order valence-corrected chi connectivity index (χ3v) is 4.49. The number of nitrogen functional groups attached to an aromatic ring is 1. The van der Waals surface area contributed by atoms with Crippen LogP contribution in [0.3, 0.4) is 0 Å². The molecule has 3 nitrogen and oxygen atoms in total. The molecule has 1 unspecified atom stereocenters. The molecule has 1 heterocycles. The highest BCUT2D eigenvalue weighted by atomic mass is 79.9. The number of hydrogen-bond donors (Lipinski definition) is 2. The number of rotatable bonds is 2. The van der Waals surface area contributed by atoms with Crippen LogP contribution < -0.4 is 5.73 Å². The maximum Gasteiger partial charge on any atom is 0.126 e. The lowest BCUT2D eigenvalue weighted by Gasteiger charge is -2.34. The Labute approximate surface area is 127 Å². The summed E-state index contributed by atoms with van der Waals surface area (Å²) in [5.41, 5.74) is 8.63. The Morgan fingerprint density at radius 1 is 1.30 bits per heavy atom. The van der Waals surface area contributed by atoms with E-state index < -0.39 is 5.60 Å². The summed E-state index contributed by atoms with van der Waals surface area (Å²) in [5, 5.41) is 10.9. The molecule has 0 spiro atoms. The van der Waals surface area contributed by atoms with Crippen molar-refractivity contribution >= 4 is 21.7 Å². The zero-order valence-corrected chi connectivity index (χ0v) is 12.7. The Bertz CT molecular complexity index is 644. The van der Waals surface area contributed by atoms with E-state index in [2.05, 4.69) is 33.0 Å². The number of nitrogens with zero attached hydrogens (tertiary/aromatic N) is 1. The largest absolute Gasteiger partial charge is 0.389 e. The van der Waals surface area contributed by atoms with Crippen LogP contribution in [-0.4, -0.2) is 15.7 Å². The van der Waals surface area contributed by atoms with E-state index >= 15 is 0 Å². The zero-order valence-electron chi connectivity index (χ0n) is 11.1. The summed E-state index contributed by atoms with van der Waals surface area (Å²) in [6.45, 7) is 0. The minimum Gasteiger partial charge on any atom is -0.389 e. The van der Waals surface area contributed by atoms with Crippen LogP contribution in [0.15, 0.2) is 41.0 Å². The van der Waals surface area contributed by atoms with E-state index in [1.165, 1.54) is 11.1 Å². The predicted molar refractivity (Wildman–Crippen MR) is 83.5 cm³/mol. The molecule has 1 aliphatic rings. The van der Waals surface area contributed by atoms with Gasteiger partial charge in [-0.15, -0.1) is 0 Å². The number of aryl methyl sites for hydroxylation is 1. The Hall–Kier alpha value is -1.39. The van der Waals surface area contributed by atoms with Crippen molar-refractivity contribution in [2.75, 3.05) is 5.73 Å². The molecule has 104 valence electrons. The summed E-state index contributed by atoms with van der Waals surface area (Å²) < 4.78 is 1.10. The Balaban J connectivity index is 1.84. The minimum absolute atomic E-state index is 0.516. The van der Waals surface area contributed by atoms with Crippen LogP contribution in [0.5, 0.6) is 0 Å². The number of benzene rings is 1. The third-order valence-electron chi connectivity index (χ3n) is 3.99. The molecule has 1 aliphatic carbocycles. The van der Waals surface area contributed by atoms with Crippen molar-refractivity contribution in [1.82, 2.24) is 4.98 Å². The number of aromatic nitrogens is 1. The van der Waals surface area contributed by atoms with Crippen molar-refractivity contribution in [3.05, 3.63) is 57.7 Å². The van der Waals surface area contributed by atoms with Crippen LogP contribution in [0.2, 0.25) is 0 Å². The fourth-order valence-electron chi connectivity index (χ4n) is 2.92. The van der Waals surface area contributed by atoms with E-state index in [1.54, 1.807) is 6.20 Å². The van der Waals surface area contributed by atoms with Gasteiger partial charge in [0.15, 0.2) is 0 Å². The van der Waals surface area contributed by atoms with Gasteiger partial charge in [-0.3, -0.25) is 0 Å². The highest BCUT2D eigenvalue weighted by Crippen LogP contribution is 2.33. The number of nitrogens with two attached hydrogens (primary N) is 1. The first kappa shape index (κ1) is 13.6. The number of aliphatic hydroxyl groups is 1. The monoisotopic (exact) mass is 332 g/mol. The summed E-state index contributed by atoms with van der Waals surface area (Å²) in [6, 6.07) is 10.1. The summed E-state index contributed by atoms with van der Waals surface area (Å²) in [7, 11) is 0. The molecule has 20 heavy (non-hydrogen) atoms. The average Bonchev–Trinajstić information content (AvgIpc) is 2.42. The number of halogens is 1. The van der Waals surface area contributed by atoms with E-state index in [-0.39, 0.29) is 0 Å². The van der Waals surface area contributed by atoms with E-state index in [0.717, 1.165) is 22.9 Å². The van der Waals surface area contributed by atoms with E-state index in [9.17, 15) is 5.11 Å². The van der Waals surface area contributed by atoms with E-state index in [0.29, 0.717) is 18.7 Å². The minimum atomic E-state index is -0.724. The molecule has 3 N–H and O–H groups in total. The van der Waals surface area contributed by atoms with Gasteiger partial charge in [0.2, 0.25) is 0 Å². The second-order valence-electron chi connectivity index (χ2n) is 5.54. The van der Waals surface area contributed by atoms with Crippen LogP contribution in [0.1, 0.15) is 23.1 Å². The van der Waals surface area contributed by atoms with Crippen LogP contribution in [-0.2, 0) is 19.3 Å². The molecule has 1 aromatic heterocycles. The lowest BCUT2D eigenvalue weighted by molar-refractivity contribution is 0.0268. The molecular formula is C16H17BrN2O. The van der Waals surface area contributed by atoms with Crippen LogP contribution >= 0.6 is 15.9 Å². The molecule has 2 aromatic rings. The average molecular weight is 333 g/mol. The van der Waals surface area contributed by atoms with Crippen molar-refractivity contribution in [3.63, 3.8) is 0 Å². The molecule has 1 aromatic carbocycles. The van der Waals surface area contributed by atoms with E-state index in [4.69, 9.17) is 5.73 Å². The SMILES string of the molecule is Nc1ncccc1CC1(O)CCc2cc(Br)ccc2C1. The van der Waals surface area contributed by atoms with Gasteiger partial charge in [-0.2, -0.15) is 0 Å². The number of fused-ring (bicyclic) bond motifs is 1. The van der Waals surface area contributed by atoms with Gasteiger partial charge in [-0.05, 0) is 47.7 Å². The predicted octanol–water partition coefficient (Wildman–Crippen LogP) is 2.89. The quantitative estimate of drug-likeness (QED) is 0.888. The molecule has 1 atom stereocenters. The number of pyridine rings is 1. The Morgan fingerprint density at radius 3 is 2.95 bits per heavy atom. The third kappa shape index (κ3) is 2.72. The fourth-order valence-corrected chi connectivity index (χ4v) is 3.32. The molecule has 0 bridgehead atoms. The van der Waals surface area contributed by atoms with Crippen LogP contribution in [0, 0.1) is 0 Å². The lowest BCUT2D eigenvalue weighted by atomic mass is 9.77. The number of anilines is 1. The lowest BCUT2D eigenvalue weighted by Crippen LogP contribution is -2.38. The Kier molecular flexibility index (Phi) is 3.52.